The van der Waals surface area contributed by atoms with Crippen molar-refractivity contribution in [3.8, 4) is 0 Å². The maximum Gasteiger partial charge on any atom is 0.241 e. The van der Waals surface area contributed by atoms with Crippen molar-refractivity contribution in [1.29, 1.82) is 0 Å². The van der Waals surface area contributed by atoms with Crippen molar-refractivity contribution < 1.29 is 4.79 Å². The predicted octanol–water partition coefficient (Wildman–Crippen LogP) is 3.74. The zero-order valence-electron chi connectivity index (χ0n) is 16.3. The van der Waals surface area contributed by atoms with Crippen LogP contribution in [0.15, 0.2) is 48.8 Å². The third-order valence-electron chi connectivity index (χ3n) is 5.00. The summed E-state index contributed by atoms with van der Waals surface area (Å²) in [4.78, 5) is 14.5. The van der Waals surface area contributed by atoms with Gasteiger partial charge in [-0.3, -0.25) is 4.79 Å². The number of piperidine rings is 1. The van der Waals surface area contributed by atoms with Crippen LogP contribution in [-0.2, 0) is 11.3 Å². The third kappa shape index (κ3) is 6.25. The van der Waals surface area contributed by atoms with Gasteiger partial charge in [-0.15, -0.1) is 0 Å². The fourth-order valence-corrected chi connectivity index (χ4v) is 3.33. The Morgan fingerprint density at radius 1 is 1.23 bits per heavy atom. The Morgan fingerprint density at radius 3 is 2.65 bits per heavy atom. The first-order valence-corrected chi connectivity index (χ1v) is 9.67. The van der Waals surface area contributed by atoms with Gasteiger partial charge in [-0.05, 0) is 37.7 Å². The Hall–Kier alpha value is -2.23. The number of likely N-dealkylation sites (tertiary alicyclic amines) is 1. The SMILES string of the molecule is C=C(NCC(=O)N1CCCC(C(=C)CCC)C1)NCc1ccc(C)cc1. The Morgan fingerprint density at radius 2 is 1.96 bits per heavy atom. The summed E-state index contributed by atoms with van der Waals surface area (Å²) in [5, 5.41) is 6.34. The van der Waals surface area contributed by atoms with E-state index < -0.39 is 0 Å². The second kappa shape index (κ2) is 10.0. The van der Waals surface area contributed by atoms with Crippen LogP contribution in [0.2, 0.25) is 0 Å². The summed E-state index contributed by atoms with van der Waals surface area (Å²) in [6.45, 7) is 15.1. The van der Waals surface area contributed by atoms with E-state index in [1.807, 2.05) is 4.90 Å². The highest BCUT2D eigenvalue weighted by atomic mass is 16.2. The number of nitrogens with zero attached hydrogens (tertiary/aromatic N) is 1. The molecule has 1 amide bonds. The predicted molar refractivity (Wildman–Crippen MR) is 109 cm³/mol. The molecule has 0 aromatic heterocycles. The van der Waals surface area contributed by atoms with E-state index in [9.17, 15) is 4.79 Å². The van der Waals surface area contributed by atoms with E-state index >= 15 is 0 Å². The summed E-state index contributed by atoms with van der Waals surface area (Å²) in [5.74, 6) is 1.27. The Balaban J connectivity index is 1.72. The highest BCUT2D eigenvalue weighted by molar-refractivity contribution is 5.78. The molecule has 2 rings (SSSR count). The second-order valence-electron chi connectivity index (χ2n) is 7.26. The summed E-state index contributed by atoms with van der Waals surface area (Å²) < 4.78 is 0. The molecule has 0 radical (unpaired) electrons. The molecule has 1 aromatic carbocycles. The zero-order chi connectivity index (χ0) is 18.9. The van der Waals surface area contributed by atoms with E-state index in [4.69, 9.17) is 0 Å². The molecule has 1 aromatic rings. The van der Waals surface area contributed by atoms with Gasteiger partial charge in [-0.25, -0.2) is 0 Å². The third-order valence-corrected chi connectivity index (χ3v) is 5.00. The average Bonchev–Trinajstić information content (AvgIpc) is 2.66. The fourth-order valence-electron chi connectivity index (χ4n) is 3.33. The van der Waals surface area contributed by atoms with Gasteiger partial charge in [-0.2, -0.15) is 0 Å². The van der Waals surface area contributed by atoms with Gasteiger partial charge in [-0.1, -0.05) is 61.9 Å². The quantitative estimate of drug-likeness (QED) is 0.663. The molecule has 26 heavy (non-hydrogen) atoms. The molecule has 1 unspecified atom stereocenters. The van der Waals surface area contributed by atoms with Gasteiger partial charge >= 0.3 is 0 Å². The van der Waals surface area contributed by atoms with Crippen LogP contribution in [0.5, 0.6) is 0 Å². The Labute approximate surface area is 158 Å². The molecule has 0 spiro atoms. The first kappa shape index (κ1) is 20.1. The van der Waals surface area contributed by atoms with Gasteiger partial charge in [0.05, 0.1) is 12.4 Å². The number of nitrogens with one attached hydrogen (secondary N) is 2. The molecule has 1 fully saturated rings. The van der Waals surface area contributed by atoms with Crippen molar-refractivity contribution in [3.05, 3.63) is 59.9 Å². The van der Waals surface area contributed by atoms with Crippen molar-refractivity contribution in [1.82, 2.24) is 15.5 Å². The van der Waals surface area contributed by atoms with Gasteiger partial charge < -0.3 is 15.5 Å². The summed E-state index contributed by atoms with van der Waals surface area (Å²) in [6, 6.07) is 8.38. The molecule has 1 saturated heterocycles. The van der Waals surface area contributed by atoms with Crippen LogP contribution in [-0.4, -0.2) is 30.4 Å². The molecule has 1 aliphatic rings. The molecule has 4 nitrogen and oxygen atoms in total. The lowest BCUT2D eigenvalue weighted by molar-refractivity contribution is -0.131. The standard InChI is InChI=1S/C22H33N3O/c1-5-7-18(3)21-8-6-13-25(16-21)22(26)15-24-19(4)23-14-20-11-9-17(2)10-12-20/h9-12,21,23-24H,3-8,13-16H2,1-2H3. The molecule has 1 atom stereocenters. The first-order chi connectivity index (χ1) is 12.5. The zero-order valence-corrected chi connectivity index (χ0v) is 16.3. The lowest BCUT2D eigenvalue weighted by atomic mass is 9.89. The highest BCUT2D eigenvalue weighted by Crippen LogP contribution is 2.25. The van der Waals surface area contributed by atoms with Crippen molar-refractivity contribution in [2.45, 2.75) is 46.1 Å². The van der Waals surface area contributed by atoms with E-state index in [-0.39, 0.29) is 12.5 Å². The average molecular weight is 356 g/mol. The van der Waals surface area contributed by atoms with Gasteiger partial charge in [0, 0.05) is 19.6 Å². The number of hydrogen-bond donors (Lipinski definition) is 2. The number of hydrogen-bond acceptors (Lipinski definition) is 3. The summed E-state index contributed by atoms with van der Waals surface area (Å²) >= 11 is 0. The van der Waals surface area contributed by atoms with Crippen molar-refractivity contribution in [2.24, 2.45) is 5.92 Å². The number of amides is 1. The highest BCUT2D eigenvalue weighted by Gasteiger charge is 2.24. The molecular formula is C22H33N3O. The molecule has 0 bridgehead atoms. The molecule has 2 N–H and O–H groups in total. The maximum atomic E-state index is 12.5. The molecule has 0 saturated carbocycles. The number of benzene rings is 1. The van der Waals surface area contributed by atoms with Gasteiger partial charge in [0.2, 0.25) is 5.91 Å². The number of rotatable bonds is 9. The Kier molecular flexibility index (Phi) is 7.76. The van der Waals surface area contributed by atoms with E-state index in [0.29, 0.717) is 18.3 Å². The summed E-state index contributed by atoms with van der Waals surface area (Å²) in [6.07, 6.45) is 4.40. The van der Waals surface area contributed by atoms with Crippen LogP contribution in [0.1, 0.15) is 43.7 Å². The van der Waals surface area contributed by atoms with Crippen LogP contribution >= 0.6 is 0 Å². The molecule has 1 heterocycles. The minimum Gasteiger partial charge on any atom is -0.368 e. The van der Waals surface area contributed by atoms with Crippen LogP contribution in [0.25, 0.3) is 0 Å². The van der Waals surface area contributed by atoms with Gasteiger partial charge in [0.15, 0.2) is 0 Å². The Bertz CT molecular complexity index is 621. The maximum absolute atomic E-state index is 12.5. The minimum absolute atomic E-state index is 0.136. The van der Waals surface area contributed by atoms with E-state index in [1.54, 1.807) is 0 Å². The van der Waals surface area contributed by atoms with Crippen molar-refractivity contribution >= 4 is 5.91 Å². The lowest BCUT2D eigenvalue weighted by Gasteiger charge is -2.34. The molecule has 142 valence electrons. The second-order valence-corrected chi connectivity index (χ2v) is 7.26. The molecular weight excluding hydrogens is 322 g/mol. The largest absolute Gasteiger partial charge is 0.368 e. The molecule has 1 aliphatic heterocycles. The summed E-state index contributed by atoms with van der Waals surface area (Å²) in [7, 11) is 0. The monoisotopic (exact) mass is 355 g/mol. The van der Waals surface area contributed by atoms with E-state index in [0.717, 1.165) is 38.8 Å². The number of carbonyl (C=O) groups is 1. The summed E-state index contributed by atoms with van der Waals surface area (Å²) in [5.41, 5.74) is 3.73. The van der Waals surface area contributed by atoms with Crippen molar-refractivity contribution in [2.75, 3.05) is 19.6 Å². The lowest BCUT2D eigenvalue weighted by Crippen LogP contribution is -2.45. The normalized spacial score (nSPS) is 16.8. The minimum atomic E-state index is 0.136. The smallest absolute Gasteiger partial charge is 0.241 e. The van der Waals surface area contributed by atoms with Crippen molar-refractivity contribution in [3.63, 3.8) is 0 Å². The number of aryl methyl sites for hydroxylation is 1. The first-order valence-electron chi connectivity index (χ1n) is 9.67. The van der Waals surface area contributed by atoms with Crippen LogP contribution < -0.4 is 10.6 Å². The topological polar surface area (TPSA) is 44.4 Å². The van der Waals surface area contributed by atoms with Crippen LogP contribution in [0.4, 0.5) is 0 Å². The molecule has 0 aliphatic carbocycles. The molecule has 4 heteroatoms. The van der Waals surface area contributed by atoms with E-state index in [1.165, 1.54) is 16.7 Å². The van der Waals surface area contributed by atoms with E-state index in [2.05, 4.69) is 61.9 Å². The fraction of sp³-hybridized carbons (Fsp3) is 0.500. The van der Waals surface area contributed by atoms with Gasteiger partial charge in [0.25, 0.3) is 0 Å². The van der Waals surface area contributed by atoms with Crippen LogP contribution in [0.3, 0.4) is 0 Å². The number of carbonyl (C=O) groups excluding carboxylic acids is 1. The van der Waals surface area contributed by atoms with Gasteiger partial charge in [0.1, 0.15) is 0 Å². The van der Waals surface area contributed by atoms with Crippen LogP contribution in [0, 0.1) is 12.8 Å².